The van der Waals surface area contributed by atoms with E-state index in [1.54, 1.807) is 4.31 Å². The number of hydrogen-bond acceptors (Lipinski definition) is 4. The smallest absolute Gasteiger partial charge is 0.218 e. The fourth-order valence-electron chi connectivity index (χ4n) is 4.28. The average molecular weight is 416 g/mol. The first-order chi connectivity index (χ1) is 13.8. The zero-order chi connectivity index (χ0) is 20.6. The number of ketones is 1. The molecule has 2 aromatic rings. The number of aromatic nitrogens is 1. The third-order valence-electron chi connectivity index (χ3n) is 5.98. The number of piperazine rings is 1. The molecule has 1 aromatic heterocycles. The Hall–Kier alpha value is -1.96. The van der Waals surface area contributed by atoms with Crippen LogP contribution in [0.25, 0.3) is 0 Å². The Morgan fingerprint density at radius 3 is 2.31 bits per heavy atom. The highest BCUT2D eigenvalue weighted by atomic mass is 32.2. The molecule has 0 amide bonds. The lowest BCUT2D eigenvalue weighted by Crippen LogP contribution is -2.50. The molecule has 7 heteroatoms. The summed E-state index contributed by atoms with van der Waals surface area (Å²) in [4.78, 5) is 14.9. The molecule has 29 heavy (non-hydrogen) atoms. The van der Waals surface area contributed by atoms with E-state index >= 15 is 0 Å². The maximum absolute atomic E-state index is 12.9. The minimum Gasteiger partial charge on any atom is -0.345 e. The molecule has 0 spiro atoms. The van der Waals surface area contributed by atoms with Crippen molar-refractivity contribution in [2.75, 3.05) is 32.7 Å². The van der Waals surface area contributed by atoms with Crippen LogP contribution >= 0.6 is 0 Å². The number of aryl methyl sites for hydroxylation is 1. The van der Waals surface area contributed by atoms with Gasteiger partial charge >= 0.3 is 0 Å². The number of rotatable bonds is 7. The first-order valence-corrected chi connectivity index (χ1v) is 11.9. The molecule has 0 atom stereocenters. The predicted molar refractivity (Wildman–Crippen MR) is 114 cm³/mol. The summed E-state index contributed by atoms with van der Waals surface area (Å²) in [6.07, 6.45) is 2.40. The molecule has 0 radical (unpaired) electrons. The second-order valence-corrected chi connectivity index (χ2v) is 10.2. The lowest BCUT2D eigenvalue weighted by atomic mass is 10.1. The molecular weight excluding hydrogens is 386 g/mol. The lowest BCUT2D eigenvalue weighted by molar-refractivity contribution is 0.0901. The van der Waals surface area contributed by atoms with Crippen LogP contribution in [0, 0.1) is 13.8 Å². The molecule has 4 rings (SSSR count). The predicted octanol–water partition coefficient (Wildman–Crippen LogP) is 2.77. The third-order valence-corrected chi connectivity index (χ3v) is 7.83. The second kappa shape index (κ2) is 8.05. The van der Waals surface area contributed by atoms with Gasteiger partial charge in [-0.15, -0.1) is 0 Å². The summed E-state index contributed by atoms with van der Waals surface area (Å²) in [5.41, 5.74) is 3.84. The molecule has 156 valence electrons. The van der Waals surface area contributed by atoms with E-state index in [1.165, 1.54) is 12.8 Å². The topological polar surface area (TPSA) is 62.6 Å². The van der Waals surface area contributed by atoms with E-state index in [4.69, 9.17) is 0 Å². The Bertz CT molecular complexity index is 986. The van der Waals surface area contributed by atoms with Crippen LogP contribution in [0.1, 0.15) is 46.2 Å². The van der Waals surface area contributed by atoms with Gasteiger partial charge in [0.15, 0.2) is 5.78 Å². The van der Waals surface area contributed by atoms with Crippen molar-refractivity contribution in [1.29, 1.82) is 0 Å². The number of carbonyl (C=O) groups excluding carboxylic acids is 1. The summed E-state index contributed by atoms with van der Waals surface area (Å²) in [6.45, 7) is 6.49. The maximum atomic E-state index is 12.9. The maximum Gasteiger partial charge on any atom is 0.218 e. The number of carbonyl (C=O) groups is 1. The standard InChI is InChI=1S/C22H29N3O3S/c1-17-14-21(18(2)25(17)20-8-9-20)22(26)15-23-10-12-24(13-11-23)29(27,28)16-19-6-4-3-5-7-19/h3-7,14,20H,8-13,15-16H2,1-2H3. The Kier molecular flexibility index (Phi) is 5.64. The summed E-state index contributed by atoms with van der Waals surface area (Å²) in [5.74, 6) is 0.158. The molecule has 1 saturated carbocycles. The van der Waals surface area contributed by atoms with Crippen LogP contribution < -0.4 is 0 Å². The molecular formula is C22H29N3O3S. The Morgan fingerprint density at radius 1 is 1.03 bits per heavy atom. The van der Waals surface area contributed by atoms with Gasteiger partial charge in [0.1, 0.15) is 0 Å². The van der Waals surface area contributed by atoms with Crippen LogP contribution in [0.2, 0.25) is 0 Å². The van der Waals surface area contributed by atoms with Crippen LogP contribution in [0.15, 0.2) is 36.4 Å². The van der Waals surface area contributed by atoms with Gasteiger partial charge in [-0.05, 0) is 38.3 Å². The van der Waals surface area contributed by atoms with E-state index in [-0.39, 0.29) is 11.5 Å². The highest BCUT2D eigenvalue weighted by Gasteiger charge is 2.30. The first-order valence-electron chi connectivity index (χ1n) is 10.3. The van der Waals surface area contributed by atoms with Crippen molar-refractivity contribution in [2.24, 2.45) is 0 Å². The largest absolute Gasteiger partial charge is 0.345 e. The molecule has 2 aliphatic rings. The van der Waals surface area contributed by atoms with Gasteiger partial charge in [-0.1, -0.05) is 30.3 Å². The Labute approximate surface area is 173 Å². The SMILES string of the molecule is Cc1cc(C(=O)CN2CCN(S(=O)(=O)Cc3ccccc3)CC2)c(C)n1C1CC1. The molecule has 1 saturated heterocycles. The van der Waals surface area contributed by atoms with Crippen LogP contribution in [0.3, 0.4) is 0 Å². The Morgan fingerprint density at radius 2 is 1.69 bits per heavy atom. The number of benzene rings is 1. The summed E-state index contributed by atoms with van der Waals surface area (Å²) < 4.78 is 29.2. The van der Waals surface area contributed by atoms with Gasteiger partial charge in [-0.25, -0.2) is 8.42 Å². The van der Waals surface area contributed by atoms with Gasteiger partial charge < -0.3 is 4.57 Å². The molecule has 1 aliphatic heterocycles. The van der Waals surface area contributed by atoms with Gasteiger partial charge in [-0.3, -0.25) is 9.69 Å². The van der Waals surface area contributed by atoms with E-state index in [9.17, 15) is 13.2 Å². The molecule has 1 aliphatic carbocycles. The fraction of sp³-hybridized carbons (Fsp3) is 0.500. The molecule has 6 nitrogen and oxygen atoms in total. The van der Waals surface area contributed by atoms with Gasteiger partial charge in [0.2, 0.25) is 10.0 Å². The van der Waals surface area contributed by atoms with Crippen molar-refractivity contribution >= 4 is 15.8 Å². The molecule has 2 heterocycles. The quantitative estimate of drug-likeness (QED) is 0.653. The molecule has 0 N–H and O–H groups in total. The molecule has 2 fully saturated rings. The van der Waals surface area contributed by atoms with Crippen molar-refractivity contribution in [3.63, 3.8) is 0 Å². The van der Waals surface area contributed by atoms with E-state index in [1.807, 2.05) is 43.3 Å². The normalized spacial score (nSPS) is 18.8. The summed E-state index contributed by atoms with van der Waals surface area (Å²) in [5, 5.41) is 0. The molecule has 0 unspecified atom stereocenters. The summed E-state index contributed by atoms with van der Waals surface area (Å²) in [7, 11) is -3.33. The highest BCUT2D eigenvalue weighted by molar-refractivity contribution is 7.88. The van der Waals surface area contributed by atoms with E-state index in [0.29, 0.717) is 38.8 Å². The van der Waals surface area contributed by atoms with Gasteiger partial charge in [-0.2, -0.15) is 4.31 Å². The van der Waals surface area contributed by atoms with Crippen LogP contribution in [-0.2, 0) is 15.8 Å². The monoisotopic (exact) mass is 415 g/mol. The van der Waals surface area contributed by atoms with Crippen molar-refractivity contribution in [3.05, 3.63) is 58.9 Å². The summed E-state index contributed by atoms with van der Waals surface area (Å²) in [6, 6.07) is 11.8. The van der Waals surface area contributed by atoms with Crippen molar-refractivity contribution in [1.82, 2.24) is 13.8 Å². The minimum atomic E-state index is -3.33. The molecule has 1 aromatic carbocycles. The molecule has 0 bridgehead atoms. The van der Waals surface area contributed by atoms with Crippen LogP contribution in [0.5, 0.6) is 0 Å². The number of hydrogen-bond donors (Lipinski definition) is 0. The van der Waals surface area contributed by atoms with Gasteiger partial charge in [0.05, 0.1) is 12.3 Å². The third kappa shape index (κ3) is 4.47. The lowest BCUT2D eigenvalue weighted by Gasteiger charge is -2.33. The Balaban J connectivity index is 1.34. The number of sulfonamides is 1. The van der Waals surface area contributed by atoms with Crippen molar-refractivity contribution in [2.45, 2.75) is 38.5 Å². The van der Waals surface area contributed by atoms with Gasteiger partial charge in [0.25, 0.3) is 0 Å². The second-order valence-electron chi connectivity index (χ2n) is 8.23. The zero-order valence-corrected chi connectivity index (χ0v) is 18.0. The first kappa shape index (κ1) is 20.3. The number of nitrogens with zero attached hydrogens (tertiary/aromatic N) is 3. The fourth-order valence-corrected chi connectivity index (χ4v) is 5.80. The van der Waals surface area contributed by atoms with E-state index < -0.39 is 10.0 Å². The zero-order valence-electron chi connectivity index (χ0n) is 17.2. The number of Topliss-reactive ketones (excluding diaryl/α,β-unsaturated/α-hetero) is 1. The van der Waals surface area contributed by atoms with Gasteiger partial charge in [0, 0.05) is 49.2 Å². The minimum absolute atomic E-state index is 0.0277. The van der Waals surface area contributed by atoms with Crippen molar-refractivity contribution in [3.8, 4) is 0 Å². The van der Waals surface area contributed by atoms with Crippen LogP contribution in [0.4, 0.5) is 0 Å². The highest BCUT2D eigenvalue weighted by Crippen LogP contribution is 2.38. The van der Waals surface area contributed by atoms with E-state index in [0.717, 1.165) is 22.5 Å². The van der Waals surface area contributed by atoms with Crippen LogP contribution in [-0.4, -0.2) is 60.7 Å². The summed E-state index contributed by atoms with van der Waals surface area (Å²) >= 11 is 0. The van der Waals surface area contributed by atoms with E-state index in [2.05, 4.69) is 16.4 Å². The van der Waals surface area contributed by atoms with Crippen molar-refractivity contribution < 1.29 is 13.2 Å². The average Bonchev–Trinajstić information content (AvgIpc) is 3.47.